The van der Waals surface area contributed by atoms with Gasteiger partial charge in [-0.25, -0.2) is 4.39 Å². The maximum atomic E-state index is 12.9. The summed E-state index contributed by atoms with van der Waals surface area (Å²) < 4.78 is 18.1. The van der Waals surface area contributed by atoms with Crippen LogP contribution in [-0.2, 0) is 6.54 Å². The second kappa shape index (κ2) is 11.9. The van der Waals surface area contributed by atoms with Crippen LogP contribution < -0.4 is 15.8 Å². The Morgan fingerprint density at radius 1 is 1.26 bits per heavy atom. The average Bonchev–Trinajstić information content (AvgIpc) is 2.58. The van der Waals surface area contributed by atoms with Gasteiger partial charge in [-0.05, 0) is 30.8 Å². The molecule has 0 spiro atoms. The van der Waals surface area contributed by atoms with Crippen molar-refractivity contribution in [3.63, 3.8) is 0 Å². The maximum absolute atomic E-state index is 12.9. The molecule has 0 aliphatic carbocycles. The Hall–Kier alpha value is -1.73. The van der Waals surface area contributed by atoms with Crippen molar-refractivity contribution in [2.24, 2.45) is 0 Å². The fourth-order valence-corrected chi connectivity index (χ4v) is 2.52. The number of ether oxygens (including phenoxy) is 1. The van der Waals surface area contributed by atoms with Gasteiger partial charge in [0.1, 0.15) is 11.6 Å². The van der Waals surface area contributed by atoms with Gasteiger partial charge in [0.25, 0.3) is 5.91 Å². The van der Waals surface area contributed by atoms with Crippen LogP contribution in [0, 0.1) is 5.82 Å². The first-order valence-electron chi connectivity index (χ1n) is 7.75. The van der Waals surface area contributed by atoms with Crippen molar-refractivity contribution < 1.29 is 13.9 Å². The van der Waals surface area contributed by atoms with Gasteiger partial charge in [0.2, 0.25) is 0 Å². The second-order valence-electron chi connectivity index (χ2n) is 5.69. The van der Waals surface area contributed by atoms with E-state index in [0.717, 1.165) is 5.56 Å². The first-order chi connectivity index (χ1) is 11.9. The van der Waals surface area contributed by atoms with E-state index in [1.165, 1.54) is 31.4 Å². The van der Waals surface area contributed by atoms with Crippen LogP contribution >= 0.6 is 36.4 Å². The number of hydrogen-bond donors (Lipinski definition) is 2. The molecule has 0 unspecified atom stereocenters. The summed E-state index contributed by atoms with van der Waals surface area (Å²) in [5.74, 6) is -0.164. The molecule has 0 fully saturated rings. The monoisotopic (exact) mass is 437 g/mol. The van der Waals surface area contributed by atoms with Crippen molar-refractivity contribution in [2.75, 3.05) is 33.0 Å². The summed E-state index contributed by atoms with van der Waals surface area (Å²) in [5.41, 5.74) is 7.41. The van der Waals surface area contributed by atoms with E-state index in [1.807, 2.05) is 11.9 Å². The molecule has 9 heteroatoms. The zero-order valence-electron chi connectivity index (χ0n) is 15.0. The van der Waals surface area contributed by atoms with Gasteiger partial charge in [-0.2, -0.15) is 0 Å². The number of halogens is 4. The standard InChI is InChI=1S/C18H21ClFN3O2.2ClH/c1-23(11-12-3-5-13(20)6-4-12)8-7-22-18(24)14-9-15(19)16(21)10-17(14)25-2;;/h3-6,9-10H,7-8,11,21H2,1-2H3,(H,22,24);2*1H. The number of benzene rings is 2. The third-order valence-electron chi connectivity index (χ3n) is 3.71. The van der Waals surface area contributed by atoms with E-state index < -0.39 is 0 Å². The molecule has 0 aliphatic heterocycles. The Kier molecular flexibility index (Phi) is 11.1. The molecule has 2 aromatic carbocycles. The number of nitrogens with zero attached hydrogens (tertiary/aromatic N) is 1. The lowest BCUT2D eigenvalue weighted by Gasteiger charge is -2.17. The summed E-state index contributed by atoms with van der Waals surface area (Å²) in [4.78, 5) is 14.3. The van der Waals surface area contributed by atoms with E-state index in [-0.39, 0.29) is 36.5 Å². The van der Waals surface area contributed by atoms with Crippen molar-refractivity contribution in [2.45, 2.75) is 6.54 Å². The van der Waals surface area contributed by atoms with E-state index in [1.54, 1.807) is 12.1 Å². The van der Waals surface area contributed by atoms with E-state index in [9.17, 15) is 9.18 Å². The number of rotatable bonds is 7. The Morgan fingerprint density at radius 3 is 2.48 bits per heavy atom. The number of carbonyl (C=O) groups excluding carboxylic acids is 1. The van der Waals surface area contributed by atoms with Crippen LogP contribution in [0.15, 0.2) is 36.4 Å². The van der Waals surface area contributed by atoms with Crippen LogP contribution in [0.2, 0.25) is 5.02 Å². The molecule has 0 saturated heterocycles. The van der Waals surface area contributed by atoms with Crippen LogP contribution in [0.3, 0.4) is 0 Å². The molecule has 0 bridgehead atoms. The van der Waals surface area contributed by atoms with E-state index in [4.69, 9.17) is 22.1 Å². The van der Waals surface area contributed by atoms with Crippen LogP contribution in [0.5, 0.6) is 5.75 Å². The minimum Gasteiger partial charge on any atom is -0.496 e. The molecule has 0 aromatic heterocycles. The highest BCUT2D eigenvalue weighted by Crippen LogP contribution is 2.28. The average molecular weight is 439 g/mol. The van der Waals surface area contributed by atoms with Gasteiger partial charge in [-0.15, -0.1) is 24.8 Å². The summed E-state index contributed by atoms with van der Waals surface area (Å²) in [6.07, 6.45) is 0. The van der Waals surface area contributed by atoms with Crippen LogP contribution in [-0.4, -0.2) is 38.1 Å². The Bertz CT molecular complexity index is 745. The lowest BCUT2D eigenvalue weighted by molar-refractivity contribution is 0.0946. The quantitative estimate of drug-likeness (QED) is 0.646. The summed E-state index contributed by atoms with van der Waals surface area (Å²) in [7, 11) is 3.39. The van der Waals surface area contributed by atoms with Crippen LogP contribution in [0.25, 0.3) is 0 Å². The van der Waals surface area contributed by atoms with Crippen molar-refractivity contribution >= 4 is 48.0 Å². The summed E-state index contributed by atoms with van der Waals surface area (Å²) in [6, 6.07) is 9.37. The zero-order valence-corrected chi connectivity index (χ0v) is 17.4. The number of likely N-dealkylation sites (N-methyl/N-ethyl adjacent to an activating group) is 1. The highest BCUT2D eigenvalue weighted by atomic mass is 35.5. The second-order valence-corrected chi connectivity index (χ2v) is 6.10. The van der Waals surface area contributed by atoms with E-state index >= 15 is 0 Å². The zero-order chi connectivity index (χ0) is 18.4. The summed E-state index contributed by atoms with van der Waals surface area (Å²) in [5, 5.41) is 3.13. The molecule has 2 rings (SSSR count). The lowest BCUT2D eigenvalue weighted by Crippen LogP contribution is -2.33. The van der Waals surface area contributed by atoms with E-state index in [0.29, 0.717) is 41.7 Å². The Labute approximate surface area is 175 Å². The third kappa shape index (κ3) is 7.42. The molecule has 0 atom stereocenters. The normalized spacial score (nSPS) is 9.96. The fraction of sp³-hybridized carbons (Fsp3) is 0.278. The molecular weight excluding hydrogens is 416 g/mol. The molecule has 0 aliphatic rings. The number of anilines is 1. The van der Waals surface area contributed by atoms with Crippen molar-refractivity contribution in [3.05, 3.63) is 58.4 Å². The first kappa shape index (κ1) is 25.3. The molecule has 5 nitrogen and oxygen atoms in total. The number of carbonyl (C=O) groups is 1. The summed E-state index contributed by atoms with van der Waals surface area (Å²) in [6.45, 7) is 1.74. The molecule has 3 N–H and O–H groups in total. The van der Waals surface area contributed by atoms with Crippen LogP contribution in [0.4, 0.5) is 10.1 Å². The van der Waals surface area contributed by atoms with Crippen molar-refractivity contribution in [1.82, 2.24) is 10.2 Å². The molecule has 1 amide bonds. The lowest BCUT2D eigenvalue weighted by atomic mass is 10.1. The van der Waals surface area contributed by atoms with Gasteiger partial charge in [0, 0.05) is 25.7 Å². The largest absolute Gasteiger partial charge is 0.496 e. The molecule has 0 saturated carbocycles. The topological polar surface area (TPSA) is 67.6 Å². The minimum atomic E-state index is -0.283. The number of amides is 1. The highest BCUT2D eigenvalue weighted by Gasteiger charge is 2.14. The van der Waals surface area contributed by atoms with Gasteiger partial charge >= 0.3 is 0 Å². The third-order valence-corrected chi connectivity index (χ3v) is 4.04. The summed E-state index contributed by atoms with van der Waals surface area (Å²) >= 11 is 5.98. The highest BCUT2D eigenvalue weighted by molar-refractivity contribution is 6.33. The smallest absolute Gasteiger partial charge is 0.255 e. The maximum Gasteiger partial charge on any atom is 0.255 e. The van der Waals surface area contributed by atoms with Gasteiger partial charge in [-0.1, -0.05) is 23.7 Å². The van der Waals surface area contributed by atoms with Crippen molar-refractivity contribution in [1.29, 1.82) is 0 Å². The SMILES string of the molecule is COc1cc(N)c(Cl)cc1C(=O)NCCN(C)Cc1ccc(F)cc1.Cl.Cl. The van der Waals surface area contributed by atoms with Gasteiger partial charge < -0.3 is 20.7 Å². The molecule has 0 heterocycles. The number of nitrogen functional groups attached to an aromatic ring is 1. The number of nitrogens with one attached hydrogen (secondary N) is 1. The van der Waals surface area contributed by atoms with Crippen LogP contribution in [0.1, 0.15) is 15.9 Å². The van der Waals surface area contributed by atoms with Gasteiger partial charge in [0.05, 0.1) is 23.4 Å². The van der Waals surface area contributed by atoms with Crippen molar-refractivity contribution in [3.8, 4) is 5.75 Å². The van der Waals surface area contributed by atoms with Gasteiger partial charge in [0.15, 0.2) is 0 Å². The number of hydrogen-bond acceptors (Lipinski definition) is 4. The molecular formula is C18H23Cl3FN3O2. The Balaban J connectivity index is 0.00000338. The fourth-order valence-electron chi connectivity index (χ4n) is 2.35. The molecule has 150 valence electrons. The molecule has 2 aromatic rings. The molecule has 0 radical (unpaired) electrons. The Morgan fingerprint density at radius 2 is 1.89 bits per heavy atom. The minimum absolute atomic E-state index is 0. The number of nitrogens with two attached hydrogens (primary N) is 1. The van der Waals surface area contributed by atoms with Gasteiger partial charge in [-0.3, -0.25) is 4.79 Å². The first-order valence-corrected chi connectivity index (χ1v) is 8.12. The number of methoxy groups -OCH3 is 1. The van der Waals surface area contributed by atoms with E-state index in [2.05, 4.69) is 5.32 Å². The molecule has 27 heavy (non-hydrogen) atoms. The predicted octanol–water partition coefficient (Wildman–Crippen LogP) is 3.78. The predicted molar refractivity (Wildman–Crippen MR) is 112 cm³/mol.